The third-order valence-corrected chi connectivity index (χ3v) is 6.22. The molecule has 1 saturated heterocycles. The van der Waals surface area contributed by atoms with Crippen LogP contribution in [0.3, 0.4) is 0 Å². The van der Waals surface area contributed by atoms with Gasteiger partial charge in [-0.05, 0) is 54.1 Å². The highest BCUT2D eigenvalue weighted by Crippen LogP contribution is 2.31. The van der Waals surface area contributed by atoms with Crippen LogP contribution in [0.4, 0.5) is 15.8 Å². The number of benzene rings is 3. The maximum Gasteiger partial charge on any atom is 0.238 e. The van der Waals surface area contributed by atoms with Crippen molar-refractivity contribution in [3.05, 3.63) is 95.3 Å². The molecule has 1 unspecified atom stereocenters. The molecule has 32 heavy (non-hydrogen) atoms. The minimum absolute atomic E-state index is 0.0269. The van der Waals surface area contributed by atoms with E-state index in [-0.39, 0.29) is 30.6 Å². The van der Waals surface area contributed by atoms with Gasteiger partial charge in [0.15, 0.2) is 5.17 Å². The summed E-state index contributed by atoms with van der Waals surface area (Å²) in [7, 11) is 0. The topological polar surface area (TPSA) is 61.8 Å². The average Bonchev–Trinajstić information content (AvgIpc) is 2.79. The predicted octanol–water partition coefficient (Wildman–Crippen LogP) is 5.64. The zero-order valence-corrected chi connectivity index (χ0v) is 18.4. The molecule has 2 amide bonds. The minimum Gasteiger partial charge on any atom is -0.325 e. The quantitative estimate of drug-likeness (QED) is 0.528. The van der Waals surface area contributed by atoms with Gasteiger partial charge in [-0.25, -0.2) is 9.38 Å². The number of thioether (sulfide) groups is 1. The largest absolute Gasteiger partial charge is 0.325 e. The van der Waals surface area contributed by atoms with E-state index in [0.717, 1.165) is 5.56 Å². The summed E-state index contributed by atoms with van der Waals surface area (Å²) in [4.78, 5) is 32.1. The smallest absolute Gasteiger partial charge is 0.238 e. The van der Waals surface area contributed by atoms with Crippen molar-refractivity contribution in [3.8, 4) is 0 Å². The Hall–Kier alpha value is -3.16. The molecule has 1 fully saturated rings. The van der Waals surface area contributed by atoms with Crippen LogP contribution in [-0.4, -0.2) is 27.1 Å². The van der Waals surface area contributed by atoms with Gasteiger partial charge in [0.05, 0.1) is 12.2 Å². The van der Waals surface area contributed by atoms with Gasteiger partial charge in [0.25, 0.3) is 0 Å². The van der Waals surface area contributed by atoms with Gasteiger partial charge in [0.2, 0.25) is 11.8 Å². The van der Waals surface area contributed by atoms with E-state index < -0.39 is 5.25 Å². The molecule has 1 aliphatic rings. The van der Waals surface area contributed by atoms with E-state index in [4.69, 9.17) is 11.6 Å². The van der Waals surface area contributed by atoms with Crippen LogP contribution >= 0.6 is 23.4 Å². The van der Waals surface area contributed by atoms with Crippen LogP contribution in [0.15, 0.2) is 83.9 Å². The number of carbonyl (C=O) groups is 2. The maximum atomic E-state index is 13.3. The highest BCUT2D eigenvalue weighted by atomic mass is 35.5. The number of anilines is 1. The van der Waals surface area contributed by atoms with Crippen molar-refractivity contribution in [2.45, 2.75) is 18.2 Å². The molecule has 162 valence electrons. The van der Waals surface area contributed by atoms with Gasteiger partial charge in [-0.1, -0.05) is 53.7 Å². The van der Waals surface area contributed by atoms with Crippen LogP contribution in [0.25, 0.3) is 0 Å². The molecule has 0 bridgehead atoms. The van der Waals surface area contributed by atoms with Gasteiger partial charge in [0.1, 0.15) is 11.1 Å². The van der Waals surface area contributed by atoms with Crippen LogP contribution in [0, 0.1) is 5.82 Å². The van der Waals surface area contributed by atoms with Gasteiger partial charge in [-0.3, -0.25) is 14.5 Å². The normalized spacial score (nSPS) is 17.4. The molecule has 0 spiro atoms. The first-order valence-electron chi connectivity index (χ1n) is 9.89. The SMILES string of the molecule is O=C(Nc1ccc(Cl)cc1)C1CC(=O)N(Cc2ccc(F)cc2)C(=Nc2ccccc2)S1. The van der Waals surface area contributed by atoms with E-state index in [9.17, 15) is 14.0 Å². The van der Waals surface area contributed by atoms with Crippen molar-refractivity contribution < 1.29 is 14.0 Å². The monoisotopic (exact) mass is 467 g/mol. The molecule has 8 heteroatoms. The van der Waals surface area contributed by atoms with Crippen LogP contribution in [0.5, 0.6) is 0 Å². The van der Waals surface area contributed by atoms with Gasteiger partial charge >= 0.3 is 0 Å². The second kappa shape index (κ2) is 9.97. The lowest BCUT2D eigenvalue weighted by Crippen LogP contribution is -2.44. The standard InChI is InChI=1S/C24H19ClFN3O2S/c25-17-8-12-20(13-9-17)27-23(31)21-14-22(30)29(15-16-6-10-18(26)11-7-16)24(32-21)28-19-4-2-1-3-5-19/h1-13,21H,14-15H2,(H,27,31). The first-order chi connectivity index (χ1) is 15.5. The van der Waals surface area contributed by atoms with E-state index in [1.165, 1.54) is 28.8 Å². The summed E-state index contributed by atoms with van der Waals surface area (Å²) < 4.78 is 13.3. The Morgan fingerprint density at radius 2 is 1.75 bits per heavy atom. The van der Waals surface area contributed by atoms with Crippen molar-refractivity contribution in [1.29, 1.82) is 0 Å². The van der Waals surface area contributed by atoms with Gasteiger partial charge < -0.3 is 5.32 Å². The molecular formula is C24H19ClFN3O2S. The summed E-state index contributed by atoms with van der Waals surface area (Å²) in [6.07, 6.45) is 0.0269. The third-order valence-electron chi connectivity index (χ3n) is 4.78. The van der Waals surface area contributed by atoms with Crippen LogP contribution in [0.1, 0.15) is 12.0 Å². The number of para-hydroxylation sites is 1. The van der Waals surface area contributed by atoms with E-state index >= 15 is 0 Å². The van der Waals surface area contributed by atoms with Crippen LogP contribution in [-0.2, 0) is 16.1 Å². The van der Waals surface area contributed by atoms with Gasteiger partial charge in [-0.15, -0.1) is 0 Å². The second-order valence-corrected chi connectivity index (χ2v) is 8.75. The summed E-state index contributed by atoms with van der Waals surface area (Å²) >= 11 is 7.13. The number of aliphatic imine (C=N–C) groups is 1. The molecule has 1 atom stereocenters. The molecule has 0 radical (unpaired) electrons. The van der Waals surface area contributed by atoms with Crippen molar-refractivity contribution in [2.24, 2.45) is 4.99 Å². The molecule has 3 aromatic carbocycles. The van der Waals surface area contributed by atoms with Gasteiger partial charge in [-0.2, -0.15) is 0 Å². The zero-order valence-electron chi connectivity index (χ0n) is 16.9. The molecule has 5 nitrogen and oxygen atoms in total. The Bertz CT molecular complexity index is 1140. The number of hydrogen-bond donors (Lipinski definition) is 1. The highest BCUT2D eigenvalue weighted by molar-refractivity contribution is 8.15. The molecule has 0 saturated carbocycles. The molecule has 0 aromatic heterocycles. The van der Waals surface area contributed by atoms with Gasteiger partial charge in [0, 0.05) is 17.1 Å². The Morgan fingerprint density at radius 3 is 2.44 bits per heavy atom. The number of hydrogen-bond acceptors (Lipinski definition) is 4. The van der Waals surface area contributed by atoms with Crippen LogP contribution in [0.2, 0.25) is 5.02 Å². The molecule has 3 aromatic rings. The molecule has 0 aliphatic carbocycles. The van der Waals surface area contributed by atoms with Crippen molar-refractivity contribution in [1.82, 2.24) is 4.90 Å². The summed E-state index contributed by atoms with van der Waals surface area (Å²) in [6.45, 7) is 0.239. The fourth-order valence-corrected chi connectivity index (χ4v) is 4.36. The van der Waals surface area contributed by atoms with Crippen molar-refractivity contribution in [2.75, 3.05) is 5.32 Å². The van der Waals surface area contributed by atoms with E-state index in [0.29, 0.717) is 21.6 Å². The Morgan fingerprint density at radius 1 is 1.06 bits per heavy atom. The third kappa shape index (κ3) is 5.55. The molecule has 4 rings (SSSR count). The number of rotatable bonds is 5. The fourth-order valence-electron chi connectivity index (χ4n) is 3.14. The number of halogens is 2. The summed E-state index contributed by atoms with van der Waals surface area (Å²) in [5.74, 6) is -0.850. The predicted molar refractivity (Wildman–Crippen MR) is 127 cm³/mol. The summed E-state index contributed by atoms with van der Waals surface area (Å²) in [5, 5.41) is 3.19. The second-order valence-electron chi connectivity index (χ2n) is 7.14. The minimum atomic E-state index is -0.634. The summed E-state index contributed by atoms with van der Waals surface area (Å²) in [5.41, 5.74) is 2.04. The lowest BCUT2D eigenvalue weighted by molar-refractivity contribution is -0.129. The average molecular weight is 468 g/mol. The van der Waals surface area contributed by atoms with Crippen molar-refractivity contribution in [3.63, 3.8) is 0 Å². The maximum absolute atomic E-state index is 13.3. The Kier molecular flexibility index (Phi) is 6.87. The molecule has 1 aliphatic heterocycles. The molecule has 1 heterocycles. The number of amides is 2. The Balaban J connectivity index is 1.57. The van der Waals surface area contributed by atoms with E-state index in [1.54, 1.807) is 36.4 Å². The van der Waals surface area contributed by atoms with Crippen molar-refractivity contribution >= 4 is 51.7 Å². The highest BCUT2D eigenvalue weighted by Gasteiger charge is 2.36. The fraction of sp³-hybridized carbons (Fsp3) is 0.125. The first kappa shape index (κ1) is 22.0. The Labute approximate surface area is 194 Å². The molecular weight excluding hydrogens is 449 g/mol. The summed E-state index contributed by atoms with van der Waals surface area (Å²) in [6, 6.07) is 22.0. The lowest BCUT2D eigenvalue weighted by atomic mass is 10.2. The zero-order chi connectivity index (χ0) is 22.5. The molecule has 1 N–H and O–H groups in total. The number of nitrogens with zero attached hydrogens (tertiary/aromatic N) is 2. The van der Waals surface area contributed by atoms with E-state index in [1.807, 2.05) is 30.3 Å². The van der Waals surface area contributed by atoms with E-state index in [2.05, 4.69) is 10.3 Å². The number of nitrogens with one attached hydrogen (secondary N) is 1. The number of amidine groups is 1. The first-order valence-corrected chi connectivity index (χ1v) is 11.2. The van der Waals surface area contributed by atoms with Crippen LogP contribution < -0.4 is 5.32 Å². The lowest BCUT2D eigenvalue weighted by Gasteiger charge is -2.32. The number of carbonyl (C=O) groups excluding carboxylic acids is 2.